The number of benzene rings is 1. The average molecular weight is 442 g/mol. The number of carbonyl (C=O) groups excluding carboxylic acids is 2. The number of amides is 2. The first-order valence-electron chi connectivity index (χ1n) is 11.5. The van der Waals surface area contributed by atoms with Gasteiger partial charge in [-0.2, -0.15) is 5.10 Å². The molecule has 1 aromatic carbocycles. The molecule has 0 bridgehead atoms. The Bertz CT molecular complexity index is 1040. The van der Waals surface area contributed by atoms with Crippen LogP contribution in [-0.2, 0) is 29.1 Å². The molecular formula is C23H31N5O4. The molecule has 32 heavy (non-hydrogen) atoms. The van der Waals surface area contributed by atoms with Gasteiger partial charge in [0.2, 0.25) is 5.91 Å². The van der Waals surface area contributed by atoms with E-state index in [9.17, 15) is 14.4 Å². The van der Waals surface area contributed by atoms with Crippen molar-refractivity contribution < 1.29 is 14.3 Å². The highest BCUT2D eigenvalue weighted by molar-refractivity contribution is 5.97. The van der Waals surface area contributed by atoms with Crippen LogP contribution in [0.5, 0.6) is 5.75 Å². The smallest absolute Gasteiger partial charge is 0.346 e. The summed E-state index contributed by atoms with van der Waals surface area (Å²) in [5.41, 5.74) is 0.345. The van der Waals surface area contributed by atoms with Gasteiger partial charge in [0.15, 0.2) is 6.10 Å². The van der Waals surface area contributed by atoms with Gasteiger partial charge in [0, 0.05) is 19.0 Å². The zero-order valence-corrected chi connectivity index (χ0v) is 18.7. The molecule has 3 heterocycles. The van der Waals surface area contributed by atoms with Crippen LogP contribution in [0.25, 0.3) is 0 Å². The van der Waals surface area contributed by atoms with Crippen molar-refractivity contribution in [2.45, 2.75) is 77.6 Å². The predicted molar refractivity (Wildman–Crippen MR) is 120 cm³/mol. The van der Waals surface area contributed by atoms with Crippen molar-refractivity contribution >= 4 is 17.5 Å². The van der Waals surface area contributed by atoms with E-state index in [1.54, 1.807) is 22.8 Å². The molecule has 0 spiro atoms. The average Bonchev–Trinajstić information content (AvgIpc) is 2.96. The fourth-order valence-corrected chi connectivity index (χ4v) is 4.34. The van der Waals surface area contributed by atoms with Crippen molar-refractivity contribution in [3.05, 3.63) is 40.6 Å². The van der Waals surface area contributed by atoms with E-state index in [0.29, 0.717) is 18.0 Å². The van der Waals surface area contributed by atoms with E-state index in [1.807, 2.05) is 19.9 Å². The second kappa shape index (κ2) is 9.58. The van der Waals surface area contributed by atoms with E-state index in [0.717, 1.165) is 44.3 Å². The summed E-state index contributed by atoms with van der Waals surface area (Å²) in [5.74, 6) is 0.684. The van der Waals surface area contributed by atoms with Crippen LogP contribution < -0.4 is 20.6 Å². The second-order valence-corrected chi connectivity index (χ2v) is 8.42. The molecular weight excluding hydrogens is 410 g/mol. The van der Waals surface area contributed by atoms with E-state index >= 15 is 0 Å². The Morgan fingerprint density at radius 2 is 1.97 bits per heavy atom. The van der Waals surface area contributed by atoms with Crippen molar-refractivity contribution in [1.29, 1.82) is 0 Å². The Morgan fingerprint density at radius 3 is 2.75 bits per heavy atom. The first-order chi connectivity index (χ1) is 15.5. The van der Waals surface area contributed by atoms with Gasteiger partial charge in [0.25, 0.3) is 5.91 Å². The van der Waals surface area contributed by atoms with Gasteiger partial charge < -0.3 is 15.0 Å². The molecule has 0 radical (unpaired) electrons. The SMILES string of the molecule is CCC(CC)NC(=O)C1CN(C(=O)Cn2nc3n(c2=O)CCCCC3)c2ccccc2O1. The minimum atomic E-state index is -0.815. The molecule has 1 N–H and O–H groups in total. The first-order valence-corrected chi connectivity index (χ1v) is 11.5. The zero-order chi connectivity index (χ0) is 22.7. The third-order valence-corrected chi connectivity index (χ3v) is 6.27. The number of nitrogens with zero attached hydrogens (tertiary/aromatic N) is 4. The Kier molecular flexibility index (Phi) is 6.62. The van der Waals surface area contributed by atoms with E-state index in [2.05, 4.69) is 10.4 Å². The van der Waals surface area contributed by atoms with Crippen molar-refractivity contribution in [3.63, 3.8) is 0 Å². The number of para-hydroxylation sites is 2. The number of aromatic nitrogens is 3. The van der Waals surface area contributed by atoms with Gasteiger partial charge in [0.1, 0.15) is 18.1 Å². The van der Waals surface area contributed by atoms with Crippen LogP contribution in [0, 0.1) is 0 Å². The lowest BCUT2D eigenvalue weighted by Crippen LogP contribution is -2.53. The lowest BCUT2D eigenvalue weighted by molar-refractivity contribution is -0.129. The molecule has 2 aliphatic rings. The van der Waals surface area contributed by atoms with Crippen LogP contribution in [0.1, 0.15) is 51.8 Å². The Balaban J connectivity index is 1.56. The topological polar surface area (TPSA) is 98.5 Å². The molecule has 0 saturated heterocycles. The number of carbonyl (C=O) groups is 2. The minimum Gasteiger partial charge on any atom is -0.477 e. The number of anilines is 1. The zero-order valence-electron chi connectivity index (χ0n) is 18.7. The Hall–Kier alpha value is -3.10. The fourth-order valence-electron chi connectivity index (χ4n) is 4.34. The molecule has 2 aromatic rings. The molecule has 0 fully saturated rings. The van der Waals surface area contributed by atoms with Crippen molar-refractivity contribution in [3.8, 4) is 5.75 Å². The standard InChI is InChI=1S/C23H31N5O4/c1-3-16(4-2)24-22(30)19-14-27(17-10-7-8-11-18(17)32-19)21(29)15-28-23(31)26-13-9-5-6-12-20(26)25-28/h7-8,10-11,16,19H,3-6,9,12-15H2,1-2H3,(H,24,30). The van der Waals surface area contributed by atoms with Crippen LogP contribution in [0.2, 0.25) is 0 Å². The van der Waals surface area contributed by atoms with Crippen LogP contribution in [0.3, 0.4) is 0 Å². The summed E-state index contributed by atoms with van der Waals surface area (Å²) in [4.78, 5) is 40.5. The summed E-state index contributed by atoms with van der Waals surface area (Å²) < 4.78 is 8.85. The van der Waals surface area contributed by atoms with Gasteiger partial charge >= 0.3 is 5.69 Å². The van der Waals surface area contributed by atoms with Crippen molar-refractivity contribution in [1.82, 2.24) is 19.7 Å². The van der Waals surface area contributed by atoms with Gasteiger partial charge in [-0.15, -0.1) is 0 Å². The van der Waals surface area contributed by atoms with Gasteiger partial charge in [-0.05, 0) is 37.8 Å². The Morgan fingerprint density at radius 1 is 1.19 bits per heavy atom. The summed E-state index contributed by atoms with van der Waals surface area (Å²) in [7, 11) is 0. The third-order valence-electron chi connectivity index (χ3n) is 6.27. The first kappa shape index (κ1) is 22.1. The van der Waals surface area contributed by atoms with Gasteiger partial charge in [-0.1, -0.05) is 32.4 Å². The van der Waals surface area contributed by atoms with Crippen LogP contribution in [0.4, 0.5) is 5.69 Å². The summed E-state index contributed by atoms with van der Waals surface area (Å²) in [6, 6.07) is 7.22. The van der Waals surface area contributed by atoms with Gasteiger partial charge in [-0.3, -0.25) is 14.2 Å². The number of aryl methyl sites for hydroxylation is 1. The normalized spacial score (nSPS) is 17.8. The van der Waals surface area contributed by atoms with E-state index < -0.39 is 6.10 Å². The molecule has 9 nitrogen and oxygen atoms in total. The van der Waals surface area contributed by atoms with Gasteiger partial charge in [-0.25, -0.2) is 9.48 Å². The highest BCUT2D eigenvalue weighted by Crippen LogP contribution is 2.33. The van der Waals surface area contributed by atoms with E-state index in [1.165, 1.54) is 9.58 Å². The molecule has 2 aliphatic heterocycles. The lowest BCUT2D eigenvalue weighted by Gasteiger charge is -2.34. The Labute approximate surface area is 187 Å². The molecule has 1 atom stereocenters. The molecule has 172 valence electrons. The molecule has 0 saturated carbocycles. The summed E-state index contributed by atoms with van der Waals surface area (Å²) >= 11 is 0. The number of hydrogen-bond donors (Lipinski definition) is 1. The maximum Gasteiger partial charge on any atom is 0.346 e. The van der Waals surface area contributed by atoms with Gasteiger partial charge in [0.05, 0.1) is 12.2 Å². The molecule has 9 heteroatoms. The molecule has 1 aromatic heterocycles. The van der Waals surface area contributed by atoms with Crippen molar-refractivity contribution in [2.75, 3.05) is 11.4 Å². The quantitative estimate of drug-likeness (QED) is 0.738. The highest BCUT2D eigenvalue weighted by Gasteiger charge is 2.34. The van der Waals surface area contributed by atoms with E-state index in [4.69, 9.17) is 4.74 Å². The van der Waals surface area contributed by atoms with Crippen LogP contribution >= 0.6 is 0 Å². The molecule has 2 amide bonds. The van der Waals surface area contributed by atoms with Crippen LogP contribution in [0.15, 0.2) is 29.1 Å². The molecule has 0 aliphatic carbocycles. The monoisotopic (exact) mass is 441 g/mol. The number of hydrogen-bond acceptors (Lipinski definition) is 5. The molecule has 4 rings (SSSR count). The molecule has 1 unspecified atom stereocenters. The summed E-state index contributed by atoms with van der Waals surface area (Å²) in [5, 5.41) is 7.43. The maximum absolute atomic E-state index is 13.3. The summed E-state index contributed by atoms with van der Waals surface area (Å²) in [6.07, 6.45) is 4.59. The number of fused-ring (bicyclic) bond motifs is 2. The minimum absolute atomic E-state index is 0.0620. The maximum atomic E-state index is 13.3. The largest absolute Gasteiger partial charge is 0.477 e. The number of rotatable bonds is 6. The third kappa shape index (κ3) is 4.42. The lowest BCUT2D eigenvalue weighted by atomic mass is 10.1. The highest BCUT2D eigenvalue weighted by atomic mass is 16.5. The van der Waals surface area contributed by atoms with E-state index in [-0.39, 0.29) is 36.6 Å². The number of nitrogens with one attached hydrogen (secondary N) is 1. The number of ether oxygens (including phenoxy) is 1. The van der Waals surface area contributed by atoms with Crippen LogP contribution in [-0.4, -0.2) is 44.9 Å². The predicted octanol–water partition coefficient (Wildman–Crippen LogP) is 1.87. The second-order valence-electron chi connectivity index (χ2n) is 8.42. The summed E-state index contributed by atoms with van der Waals surface area (Å²) in [6.45, 7) is 4.59. The van der Waals surface area contributed by atoms with Crippen molar-refractivity contribution in [2.24, 2.45) is 0 Å². The fraction of sp³-hybridized carbons (Fsp3) is 0.565.